The molecule has 2 amide bonds. The van der Waals surface area contributed by atoms with E-state index in [1.165, 1.54) is 0 Å². The van der Waals surface area contributed by atoms with Crippen LogP contribution in [0.3, 0.4) is 0 Å². The summed E-state index contributed by atoms with van der Waals surface area (Å²) in [5, 5.41) is 2.88. The Hall–Kier alpha value is -0.380. The minimum absolute atomic E-state index is 0.0315. The second kappa shape index (κ2) is 2.93. The smallest absolute Gasteiger partial charge is 0.317 e. The molecule has 64 valence electrons. The second-order valence-corrected chi connectivity index (χ2v) is 3.91. The van der Waals surface area contributed by atoms with Crippen molar-refractivity contribution >= 4 is 18.7 Å². The molecule has 1 N–H and O–H groups in total. The fraction of sp³-hybridized carbons (Fsp3) is 0.857. The largest absolute Gasteiger partial charge is 0.331 e. The molecule has 0 aromatic heterocycles. The van der Waals surface area contributed by atoms with Crippen LogP contribution < -0.4 is 5.32 Å². The maximum absolute atomic E-state index is 11.2. The van der Waals surface area contributed by atoms with Gasteiger partial charge in [-0.05, 0) is 13.8 Å². The summed E-state index contributed by atoms with van der Waals surface area (Å²) in [5.74, 6) is 0.726. The highest BCUT2D eigenvalue weighted by atomic mass is 32.1. The van der Waals surface area contributed by atoms with E-state index in [1.54, 1.807) is 4.90 Å². The van der Waals surface area contributed by atoms with E-state index >= 15 is 0 Å². The normalized spacial score (nSPS) is 22.1. The molecule has 0 aromatic carbocycles. The molecule has 0 saturated carbocycles. The summed E-state index contributed by atoms with van der Waals surface area (Å²) in [6.45, 7) is 5.55. The van der Waals surface area contributed by atoms with Gasteiger partial charge >= 0.3 is 6.03 Å². The van der Waals surface area contributed by atoms with Crippen LogP contribution in [0.4, 0.5) is 4.79 Å². The average molecular weight is 174 g/mol. The number of thiol groups is 1. The molecular formula is C7H14N2OS. The first kappa shape index (κ1) is 8.71. The van der Waals surface area contributed by atoms with E-state index in [2.05, 4.69) is 17.9 Å². The summed E-state index contributed by atoms with van der Waals surface area (Å²) in [7, 11) is 0. The Kier molecular flexibility index (Phi) is 2.32. The fourth-order valence-electron chi connectivity index (χ4n) is 1.26. The molecule has 0 spiro atoms. The van der Waals surface area contributed by atoms with Crippen molar-refractivity contribution in [2.75, 3.05) is 18.8 Å². The second-order valence-electron chi connectivity index (χ2n) is 3.46. The first-order chi connectivity index (χ1) is 5.05. The lowest BCUT2D eigenvalue weighted by Crippen LogP contribution is -2.36. The van der Waals surface area contributed by atoms with Gasteiger partial charge in [-0.15, -0.1) is 0 Å². The van der Waals surface area contributed by atoms with Crippen LogP contribution in [0, 0.1) is 0 Å². The molecule has 3 nitrogen and oxygen atoms in total. The first-order valence-corrected chi connectivity index (χ1v) is 4.36. The van der Waals surface area contributed by atoms with Gasteiger partial charge in [-0.3, -0.25) is 0 Å². The van der Waals surface area contributed by atoms with Crippen molar-refractivity contribution in [3.05, 3.63) is 0 Å². The van der Waals surface area contributed by atoms with Crippen LogP contribution in [-0.4, -0.2) is 35.3 Å². The van der Waals surface area contributed by atoms with Gasteiger partial charge in [0.2, 0.25) is 0 Å². The van der Waals surface area contributed by atoms with E-state index in [1.807, 2.05) is 13.8 Å². The Morgan fingerprint density at radius 1 is 1.73 bits per heavy atom. The summed E-state index contributed by atoms with van der Waals surface area (Å²) < 4.78 is 0. The van der Waals surface area contributed by atoms with E-state index in [0.29, 0.717) is 0 Å². The minimum Gasteiger partial charge on any atom is -0.331 e. The first-order valence-electron chi connectivity index (χ1n) is 3.73. The molecule has 1 saturated heterocycles. The van der Waals surface area contributed by atoms with Crippen molar-refractivity contribution in [1.82, 2.24) is 10.2 Å². The van der Waals surface area contributed by atoms with E-state index in [4.69, 9.17) is 0 Å². The standard InChI is InChI=1S/C7H14N2OS/c1-7(2)5-9(3-4-11)6(10)8-7/h11H,3-5H2,1-2H3,(H,8,10). The van der Waals surface area contributed by atoms with Gasteiger partial charge in [0.05, 0.1) is 5.54 Å². The maximum Gasteiger partial charge on any atom is 0.317 e. The van der Waals surface area contributed by atoms with Crippen molar-refractivity contribution in [3.63, 3.8) is 0 Å². The minimum atomic E-state index is -0.0694. The predicted molar refractivity (Wildman–Crippen MR) is 48.0 cm³/mol. The van der Waals surface area contributed by atoms with Crippen LogP contribution in [0.5, 0.6) is 0 Å². The number of amides is 2. The topological polar surface area (TPSA) is 32.3 Å². The molecule has 0 radical (unpaired) electrons. The number of urea groups is 1. The maximum atomic E-state index is 11.2. The number of hydrogen-bond donors (Lipinski definition) is 2. The summed E-state index contributed by atoms with van der Waals surface area (Å²) in [5.41, 5.74) is -0.0694. The Labute approximate surface area is 72.5 Å². The van der Waals surface area contributed by atoms with Crippen LogP contribution in [-0.2, 0) is 0 Å². The number of nitrogens with one attached hydrogen (secondary N) is 1. The van der Waals surface area contributed by atoms with Crippen LogP contribution in [0.1, 0.15) is 13.8 Å². The lowest BCUT2D eigenvalue weighted by molar-refractivity contribution is 0.220. The van der Waals surface area contributed by atoms with Gasteiger partial charge in [-0.25, -0.2) is 4.79 Å². The summed E-state index contributed by atoms with van der Waals surface area (Å²) in [6.07, 6.45) is 0. The van der Waals surface area contributed by atoms with Crippen molar-refractivity contribution in [2.45, 2.75) is 19.4 Å². The van der Waals surface area contributed by atoms with Gasteiger partial charge in [-0.2, -0.15) is 12.6 Å². The molecule has 0 aliphatic carbocycles. The number of hydrogen-bond acceptors (Lipinski definition) is 2. The van der Waals surface area contributed by atoms with E-state index in [0.717, 1.165) is 18.8 Å². The van der Waals surface area contributed by atoms with Crippen molar-refractivity contribution in [1.29, 1.82) is 0 Å². The highest BCUT2D eigenvalue weighted by Crippen LogP contribution is 2.13. The Balaban J connectivity index is 2.52. The van der Waals surface area contributed by atoms with Gasteiger partial charge < -0.3 is 10.2 Å². The number of carbonyl (C=O) groups excluding carboxylic acids is 1. The molecule has 0 unspecified atom stereocenters. The third kappa shape index (κ3) is 2.02. The van der Waals surface area contributed by atoms with Gasteiger partial charge in [0.1, 0.15) is 0 Å². The molecule has 1 rings (SSSR count). The Bertz CT molecular complexity index is 170. The quantitative estimate of drug-likeness (QED) is 0.594. The average Bonchev–Trinajstić information content (AvgIpc) is 2.07. The molecule has 1 aliphatic rings. The van der Waals surface area contributed by atoms with Gasteiger partial charge in [0, 0.05) is 18.8 Å². The monoisotopic (exact) mass is 174 g/mol. The Morgan fingerprint density at radius 3 is 2.73 bits per heavy atom. The molecule has 1 aliphatic heterocycles. The molecule has 4 heteroatoms. The summed E-state index contributed by atoms with van der Waals surface area (Å²) in [4.78, 5) is 12.9. The van der Waals surface area contributed by atoms with Crippen LogP contribution in [0.25, 0.3) is 0 Å². The summed E-state index contributed by atoms with van der Waals surface area (Å²) >= 11 is 4.07. The van der Waals surface area contributed by atoms with E-state index in [-0.39, 0.29) is 11.6 Å². The lowest BCUT2D eigenvalue weighted by Gasteiger charge is -2.16. The summed E-state index contributed by atoms with van der Waals surface area (Å²) in [6, 6.07) is 0.0315. The number of nitrogens with zero attached hydrogens (tertiary/aromatic N) is 1. The van der Waals surface area contributed by atoms with Crippen molar-refractivity contribution < 1.29 is 4.79 Å². The third-order valence-corrected chi connectivity index (χ3v) is 1.89. The SMILES string of the molecule is CC1(C)CN(CCS)C(=O)N1. The molecule has 1 fully saturated rings. The highest BCUT2D eigenvalue weighted by molar-refractivity contribution is 7.80. The fourth-order valence-corrected chi connectivity index (χ4v) is 1.50. The molecule has 1 heterocycles. The molecule has 0 bridgehead atoms. The third-order valence-electron chi connectivity index (χ3n) is 1.69. The van der Waals surface area contributed by atoms with Crippen molar-refractivity contribution in [2.24, 2.45) is 0 Å². The zero-order valence-electron chi connectivity index (χ0n) is 6.92. The highest BCUT2D eigenvalue weighted by Gasteiger charge is 2.33. The zero-order valence-corrected chi connectivity index (χ0v) is 7.82. The molecule has 0 atom stereocenters. The van der Waals surface area contributed by atoms with E-state index < -0.39 is 0 Å². The van der Waals surface area contributed by atoms with Crippen LogP contribution in [0.2, 0.25) is 0 Å². The van der Waals surface area contributed by atoms with Gasteiger partial charge in [-0.1, -0.05) is 0 Å². The van der Waals surface area contributed by atoms with E-state index in [9.17, 15) is 4.79 Å². The lowest BCUT2D eigenvalue weighted by atomic mass is 10.1. The van der Waals surface area contributed by atoms with Crippen LogP contribution >= 0.6 is 12.6 Å². The predicted octanol–water partition coefficient (Wildman–Crippen LogP) is 0.720. The molecule has 11 heavy (non-hydrogen) atoms. The number of carbonyl (C=O) groups is 1. The molecule has 0 aromatic rings. The zero-order chi connectivity index (χ0) is 8.48. The van der Waals surface area contributed by atoms with Crippen molar-refractivity contribution in [3.8, 4) is 0 Å². The Morgan fingerprint density at radius 2 is 2.36 bits per heavy atom. The van der Waals surface area contributed by atoms with Gasteiger partial charge in [0.25, 0.3) is 0 Å². The molecular weight excluding hydrogens is 160 g/mol. The number of rotatable bonds is 2. The van der Waals surface area contributed by atoms with Crippen LogP contribution in [0.15, 0.2) is 0 Å². The van der Waals surface area contributed by atoms with Gasteiger partial charge in [0.15, 0.2) is 0 Å².